The van der Waals surface area contributed by atoms with Crippen molar-refractivity contribution < 1.29 is 34.1 Å². The zero-order chi connectivity index (χ0) is 33.6. The van der Waals surface area contributed by atoms with E-state index in [1.165, 1.54) is 4.90 Å². The summed E-state index contributed by atoms with van der Waals surface area (Å²) >= 11 is 0. The summed E-state index contributed by atoms with van der Waals surface area (Å²) in [6.07, 6.45) is 3.82. The number of anilines is 3. The molecule has 1 heterocycles. The number of nitrogens with zero attached hydrogens (tertiary/aromatic N) is 1. The molecule has 242 valence electrons. The number of fused-ring (bicyclic) bond motifs is 1. The van der Waals surface area contributed by atoms with Gasteiger partial charge in [0.05, 0.1) is 26.5 Å². The number of aliphatic hydroxyl groups excluding tert-OH is 1. The van der Waals surface area contributed by atoms with E-state index in [0.717, 1.165) is 5.56 Å². The second-order valence-electron chi connectivity index (χ2n) is 11.2. The Morgan fingerprint density at radius 1 is 0.830 bits per heavy atom. The van der Waals surface area contributed by atoms with Crippen molar-refractivity contribution >= 4 is 34.8 Å². The van der Waals surface area contributed by atoms with E-state index in [-0.39, 0.29) is 25.0 Å². The average Bonchev–Trinajstić information content (AvgIpc) is 3.31. The highest BCUT2D eigenvalue weighted by Crippen LogP contribution is 2.47. The van der Waals surface area contributed by atoms with Gasteiger partial charge in [-0.3, -0.25) is 14.4 Å². The Kier molecular flexibility index (Phi) is 10.0. The molecule has 47 heavy (non-hydrogen) atoms. The van der Waals surface area contributed by atoms with Crippen molar-refractivity contribution in [1.82, 2.24) is 0 Å². The number of aliphatic hydroxyl groups is 2. The van der Waals surface area contributed by atoms with Crippen LogP contribution in [0.2, 0.25) is 0 Å². The van der Waals surface area contributed by atoms with Gasteiger partial charge in [0.25, 0.3) is 17.7 Å². The first-order valence-corrected chi connectivity index (χ1v) is 15.1. The van der Waals surface area contributed by atoms with Gasteiger partial charge < -0.3 is 35.2 Å². The number of rotatable bonds is 12. The van der Waals surface area contributed by atoms with E-state index in [1.807, 2.05) is 12.1 Å². The first kappa shape index (κ1) is 32.9. The van der Waals surface area contributed by atoms with Crippen LogP contribution in [0.15, 0.2) is 103 Å². The number of hydrogen-bond donors (Lipinski definition) is 4. The summed E-state index contributed by atoms with van der Waals surface area (Å²) in [4.78, 5) is 41.2. The van der Waals surface area contributed by atoms with E-state index in [9.17, 15) is 24.6 Å². The fraction of sp³-hybridized carbons (Fsp3) is 0.216. The maximum Gasteiger partial charge on any atom is 0.264 e. The highest BCUT2D eigenvalue weighted by molar-refractivity contribution is 6.09. The number of benzene rings is 4. The van der Waals surface area contributed by atoms with Crippen molar-refractivity contribution in [3.05, 3.63) is 125 Å². The molecule has 4 aromatic carbocycles. The average molecular weight is 636 g/mol. The van der Waals surface area contributed by atoms with E-state index in [4.69, 9.17) is 9.47 Å². The molecule has 5 rings (SSSR count). The smallest absolute Gasteiger partial charge is 0.264 e. The number of nitrogens with one attached hydrogen (secondary N) is 2. The molecule has 0 saturated carbocycles. The monoisotopic (exact) mass is 635 g/mol. The third-order valence-corrected chi connectivity index (χ3v) is 8.16. The minimum atomic E-state index is -1.92. The van der Waals surface area contributed by atoms with Gasteiger partial charge in [-0.2, -0.15) is 0 Å². The van der Waals surface area contributed by atoms with E-state index in [1.54, 1.807) is 112 Å². The van der Waals surface area contributed by atoms with Gasteiger partial charge in [-0.1, -0.05) is 31.2 Å². The maximum atomic E-state index is 14.0. The zero-order valence-electron chi connectivity index (χ0n) is 26.4. The zero-order valence-corrected chi connectivity index (χ0v) is 26.4. The summed E-state index contributed by atoms with van der Waals surface area (Å²) < 4.78 is 10.3. The molecule has 3 amide bonds. The fourth-order valence-electron chi connectivity index (χ4n) is 5.46. The third kappa shape index (κ3) is 7.04. The minimum absolute atomic E-state index is 0.0591. The van der Waals surface area contributed by atoms with Crippen molar-refractivity contribution in [1.29, 1.82) is 0 Å². The van der Waals surface area contributed by atoms with Gasteiger partial charge in [0, 0.05) is 40.6 Å². The fourth-order valence-corrected chi connectivity index (χ4v) is 5.46. The van der Waals surface area contributed by atoms with Crippen LogP contribution in [0.3, 0.4) is 0 Å². The second-order valence-corrected chi connectivity index (χ2v) is 11.2. The standard InChI is InChI=1S/C37H37N3O7/c1-24(6-4-5-21-41)37(45)32-22-29(39-35(43)27-11-18-31(47-3)19-12-27)15-20-33(32)40(36(37)44)23-25-7-13-28(14-8-25)38-34(42)26-9-16-30(46-2)17-10-26/h4,6-20,22,24,41,45H,5,21,23H2,1-3H3,(H,38,42)(H,39,43)/b6-4+/t24-,37+/m0/s1. The Bertz CT molecular complexity index is 1770. The molecule has 0 spiro atoms. The molecule has 10 nitrogen and oxygen atoms in total. The highest BCUT2D eigenvalue weighted by Gasteiger charge is 2.52. The van der Waals surface area contributed by atoms with Crippen LogP contribution in [0.5, 0.6) is 11.5 Å². The quantitative estimate of drug-likeness (QED) is 0.151. The van der Waals surface area contributed by atoms with Gasteiger partial charge in [0.2, 0.25) is 0 Å². The largest absolute Gasteiger partial charge is 0.497 e. The predicted octanol–water partition coefficient (Wildman–Crippen LogP) is 5.52. The number of amides is 3. The molecule has 10 heteroatoms. The molecule has 4 N–H and O–H groups in total. The van der Waals surface area contributed by atoms with E-state index in [2.05, 4.69) is 10.6 Å². The molecule has 0 fully saturated rings. The lowest BCUT2D eigenvalue weighted by Gasteiger charge is -2.28. The Labute approximate surface area is 273 Å². The van der Waals surface area contributed by atoms with Gasteiger partial charge in [0.1, 0.15) is 11.5 Å². The lowest BCUT2D eigenvalue weighted by molar-refractivity contribution is -0.139. The van der Waals surface area contributed by atoms with Crippen molar-refractivity contribution in [3.63, 3.8) is 0 Å². The minimum Gasteiger partial charge on any atom is -0.497 e. The van der Waals surface area contributed by atoms with Crippen LogP contribution in [-0.4, -0.2) is 48.8 Å². The van der Waals surface area contributed by atoms with Crippen molar-refractivity contribution in [3.8, 4) is 11.5 Å². The molecule has 2 atom stereocenters. The molecule has 1 aliphatic rings. The van der Waals surface area contributed by atoms with Crippen molar-refractivity contribution in [2.24, 2.45) is 5.92 Å². The molecule has 0 unspecified atom stereocenters. The number of carbonyl (C=O) groups is 3. The van der Waals surface area contributed by atoms with Crippen LogP contribution < -0.4 is 25.0 Å². The van der Waals surface area contributed by atoms with Crippen LogP contribution in [0.1, 0.15) is 45.2 Å². The summed E-state index contributed by atoms with van der Waals surface area (Å²) in [5.74, 6) is -0.503. The van der Waals surface area contributed by atoms with Crippen LogP contribution >= 0.6 is 0 Å². The van der Waals surface area contributed by atoms with Crippen molar-refractivity contribution in [2.75, 3.05) is 36.4 Å². The molecular formula is C37H37N3O7. The molecule has 0 radical (unpaired) electrons. The second kappa shape index (κ2) is 14.3. The molecule has 4 aromatic rings. The van der Waals surface area contributed by atoms with Gasteiger partial charge in [-0.05, 0) is 90.8 Å². The van der Waals surface area contributed by atoms with Crippen LogP contribution in [0.4, 0.5) is 17.1 Å². The lowest BCUT2D eigenvalue weighted by Crippen LogP contribution is -2.44. The van der Waals surface area contributed by atoms with E-state index in [0.29, 0.717) is 51.7 Å². The molecule has 0 aliphatic carbocycles. The topological polar surface area (TPSA) is 137 Å². The lowest BCUT2D eigenvalue weighted by atomic mass is 9.82. The van der Waals surface area contributed by atoms with Crippen LogP contribution in [0, 0.1) is 5.92 Å². The summed E-state index contributed by atoms with van der Waals surface area (Å²) in [6, 6.07) is 25.6. The van der Waals surface area contributed by atoms with Crippen molar-refractivity contribution in [2.45, 2.75) is 25.5 Å². The summed E-state index contributed by atoms with van der Waals surface area (Å²) in [5.41, 5.74) is 1.63. The van der Waals surface area contributed by atoms with Gasteiger partial charge in [0.15, 0.2) is 5.60 Å². The molecular weight excluding hydrogens is 598 g/mol. The van der Waals surface area contributed by atoms with Crippen LogP contribution in [0.25, 0.3) is 0 Å². The maximum absolute atomic E-state index is 14.0. The molecule has 0 aromatic heterocycles. The van der Waals surface area contributed by atoms with E-state index < -0.39 is 17.4 Å². The Hall–Kier alpha value is -5.45. The first-order valence-electron chi connectivity index (χ1n) is 15.1. The SMILES string of the molecule is COc1ccc(C(=O)Nc2ccc(CN3C(=O)[C@@](O)([C@@H](C)/C=C/CCO)c4cc(NC(=O)c5ccc(OC)cc5)ccc43)cc2)cc1. The van der Waals surface area contributed by atoms with Crippen LogP contribution in [-0.2, 0) is 16.9 Å². The third-order valence-electron chi connectivity index (χ3n) is 8.16. The predicted molar refractivity (Wildman–Crippen MR) is 180 cm³/mol. The number of ether oxygens (including phenoxy) is 2. The summed E-state index contributed by atoms with van der Waals surface area (Å²) in [5, 5.41) is 27.0. The van der Waals surface area contributed by atoms with E-state index >= 15 is 0 Å². The summed E-state index contributed by atoms with van der Waals surface area (Å²) in [6.45, 7) is 1.84. The highest BCUT2D eigenvalue weighted by atomic mass is 16.5. The van der Waals surface area contributed by atoms with Gasteiger partial charge >= 0.3 is 0 Å². The number of carbonyl (C=O) groups excluding carboxylic acids is 3. The summed E-state index contributed by atoms with van der Waals surface area (Å²) in [7, 11) is 3.11. The Morgan fingerprint density at radius 3 is 1.89 bits per heavy atom. The Balaban J connectivity index is 1.38. The number of hydrogen-bond acceptors (Lipinski definition) is 7. The molecule has 0 bridgehead atoms. The molecule has 0 saturated heterocycles. The molecule has 1 aliphatic heterocycles. The Morgan fingerprint density at radius 2 is 1.36 bits per heavy atom. The normalized spacial score (nSPS) is 16.1. The van der Waals surface area contributed by atoms with Gasteiger partial charge in [-0.15, -0.1) is 0 Å². The van der Waals surface area contributed by atoms with Gasteiger partial charge in [-0.25, -0.2) is 0 Å². The first-order chi connectivity index (χ1) is 22.7. The number of methoxy groups -OCH3 is 2.